The Morgan fingerprint density at radius 1 is 1.10 bits per heavy atom. The van der Waals surface area contributed by atoms with Crippen LogP contribution in [0.2, 0.25) is 0 Å². The van der Waals surface area contributed by atoms with Gasteiger partial charge >= 0.3 is 0 Å². The van der Waals surface area contributed by atoms with Crippen molar-refractivity contribution in [2.75, 3.05) is 6.61 Å². The summed E-state index contributed by atoms with van der Waals surface area (Å²) in [4.78, 5) is 27.3. The summed E-state index contributed by atoms with van der Waals surface area (Å²) in [5, 5.41) is 21.1. The van der Waals surface area contributed by atoms with Gasteiger partial charge in [-0.1, -0.05) is 36.4 Å². The molecule has 0 bridgehead atoms. The monoisotopic (exact) mass is 419 g/mol. The minimum absolute atomic E-state index is 0.0316. The van der Waals surface area contributed by atoms with Crippen molar-refractivity contribution in [1.29, 1.82) is 0 Å². The number of aromatic hydroxyl groups is 1. The minimum atomic E-state index is -0.884. The average Bonchev–Trinajstić information content (AvgIpc) is 3.38. The lowest BCUT2D eigenvalue weighted by atomic mass is 9.95. The largest absolute Gasteiger partial charge is 0.507 e. The maximum Gasteiger partial charge on any atom is 0.296 e. The Bertz CT molecular complexity index is 1130. The predicted octanol–water partition coefficient (Wildman–Crippen LogP) is 4.01. The van der Waals surface area contributed by atoms with E-state index in [-0.39, 0.29) is 29.4 Å². The normalized spacial score (nSPS) is 17.8. The van der Waals surface area contributed by atoms with E-state index in [1.54, 1.807) is 61.5 Å². The molecule has 158 valence electrons. The first-order valence-corrected chi connectivity index (χ1v) is 9.83. The predicted molar refractivity (Wildman–Crippen MR) is 112 cm³/mol. The van der Waals surface area contributed by atoms with Gasteiger partial charge in [-0.25, -0.2) is 0 Å². The second-order valence-electron chi connectivity index (χ2n) is 7.03. The first kappa shape index (κ1) is 20.3. The number of likely N-dealkylation sites (tertiary alicyclic amines) is 1. The molecule has 1 aliphatic heterocycles. The zero-order valence-corrected chi connectivity index (χ0v) is 16.8. The number of phenols is 1. The first-order chi connectivity index (χ1) is 15.0. The van der Waals surface area contributed by atoms with Crippen LogP contribution in [0.25, 0.3) is 5.76 Å². The third kappa shape index (κ3) is 3.77. The number of carbonyl (C=O) groups excluding carboxylic acids is 2. The fourth-order valence-electron chi connectivity index (χ4n) is 3.68. The summed E-state index contributed by atoms with van der Waals surface area (Å²) >= 11 is 0. The van der Waals surface area contributed by atoms with Crippen LogP contribution in [-0.2, 0) is 16.1 Å². The van der Waals surface area contributed by atoms with Gasteiger partial charge in [0.2, 0.25) is 0 Å². The number of benzene rings is 2. The van der Waals surface area contributed by atoms with Crippen LogP contribution in [-0.4, -0.2) is 33.4 Å². The average molecular weight is 419 g/mol. The summed E-state index contributed by atoms with van der Waals surface area (Å²) in [5.74, 6) is -1.14. The molecule has 1 aromatic heterocycles. The van der Waals surface area contributed by atoms with Crippen molar-refractivity contribution < 1.29 is 29.0 Å². The van der Waals surface area contributed by atoms with Crippen LogP contribution in [0, 0.1) is 0 Å². The lowest BCUT2D eigenvalue weighted by Gasteiger charge is -2.25. The van der Waals surface area contributed by atoms with Gasteiger partial charge in [0, 0.05) is 5.56 Å². The Morgan fingerprint density at radius 3 is 2.55 bits per heavy atom. The Labute approximate surface area is 178 Å². The number of ketones is 1. The summed E-state index contributed by atoms with van der Waals surface area (Å²) in [6.07, 6.45) is 1.48. The lowest BCUT2D eigenvalue weighted by Crippen LogP contribution is -2.29. The molecule has 2 heterocycles. The van der Waals surface area contributed by atoms with Crippen molar-refractivity contribution in [3.8, 4) is 11.5 Å². The van der Waals surface area contributed by atoms with Gasteiger partial charge in [-0.05, 0) is 36.8 Å². The fraction of sp³-hybridized carbons (Fsp3) is 0.167. The number of aliphatic hydroxyl groups excluding tert-OH is 1. The molecule has 7 heteroatoms. The summed E-state index contributed by atoms with van der Waals surface area (Å²) in [5.41, 5.74) is 0.910. The van der Waals surface area contributed by atoms with Crippen LogP contribution in [0.5, 0.6) is 11.5 Å². The van der Waals surface area contributed by atoms with Crippen LogP contribution in [0.1, 0.15) is 29.9 Å². The molecule has 2 N–H and O–H groups in total. The van der Waals surface area contributed by atoms with Crippen molar-refractivity contribution >= 4 is 17.4 Å². The number of hydrogen-bond donors (Lipinski definition) is 2. The number of Topliss-reactive ketones (excluding diaryl/α,β-unsaturated/α-hetero) is 1. The molecular formula is C24H21NO6. The van der Waals surface area contributed by atoms with Gasteiger partial charge in [-0.3, -0.25) is 9.59 Å². The van der Waals surface area contributed by atoms with E-state index in [4.69, 9.17) is 9.15 Å². The van der Waals surface area contributed by atoms with Gasteiger partial charge < -0.3 is 24.3 Å². The van der Waals surface area contributed by atoms with Gasteiger partial charge in [0.1, 0.15) is 11.5 Å². The molecule has 0 spiro atoms. The molecule has 31 heavy (non-hydrogen) atoms. The number of amides is 1. The third-order valence-electron chi connectivity index (χ3n) is 5.09. The highest BCUT2D eigenvalue weighted by atomic mass is 16.5. The SMILES string of the molecule is CCOc1cc(C2/C(=C(/O)c3ccccc3)C(=O)C(=O)N2Cc2ccco2)ccc1O. The molecule has 1 aliphatic rings. The van der Waals surface area contributed by atoms with Gasteiger partial charge in [0.05, 0.1) is 31.0 Å². The van der Waals surface area contributed by atoms with Crippen LogP contribution >= 0.6 is 0 Å². The van der Waals surface area contributed by atoms with Gasteiger partial charge in [-0.2, -0.15) is 0 Å². The number of rotatable bonds is 6. The second kappa shape index (κ2) is 8.39. The molecule has 1 fully saturated rings. The van der Waals surface area contributed by atoms with Crippen molar-refractivity contribution in [1.82, 2.24) is 4.90 Å². The molecule has 1 unspecified atom stereocenters. The summed E-state index contributed by atoms with van der Waals surface area (Å²) < 4.78 is 10.9. The molecular weight excluding hydrogens is 398 g/mol. The molecule has 0 saturated carbocycles. The highest BCUT2D eigenvalue weighted by molar-refractivity contribution is 6.46. The number of phenolic OH excluding ortho intramolecular Hbond substituents is 1. The van der Waals surface area contributed by atoms with E-state index in [9.17, 15) is 19.8 Å². The van der Waals surface area contributed by atoms with Crippen molar-refractivity contribution in [3.05, 3.63) is 89.4 Å². The van der Waals surface area contributed by atoms with Crippen LogP contribution in [0.15, 0.2) is 76.9 Å². The highest BCUT2D eigenvalue weighted by Gasteiger charge is 2.46. The van der Waals surface area contributed by atoms with Gasteiger partial charge in [-0.15, -0.1) is 0 Å². The van der Waals surface area contributed by atoms with E-state index in [0.717, 1.165) is 0 Å². The van der Waals surface area contributed by atoms with Crippen molar-refractivity contribution in [3.63, 3.8) is 0 Å². The first-order valence-electron chi connectivity index (χ1n) is 9.83. The topological polar surface area (TPSA) is 100 Å². The van der Waals surface area contributed by atoms with E-state index in [1.807, 2.05) is 0 Å². The maximum atomic E-state index is 13.0. The molecule has 7 nitrogen and oxygen atoms in total. The number of hydrogen-bond acceptors (Lipinski definition) is 6. The molecule has 1 amide bonds. The lowest BCUT2D eigenvalue weighted by molar-refractivity contribution is -0.140. The molecule has 3 aromatic rings. The molecule has 0 radical (unpaired) electrons. The van der Waals surface area contributed by atoms with Crippen molar-refractivity contribution in [2.24, 2.45) is 0 Å². The smallest absolute Gasteiger partial charge is 0.296 e. The minimum Gasteiger partial charge on any atom is -0.507 e. The number of aliphatic hydroxyl groups is 1. The van der Waals surface area contributed by atoms with Gasteiger partial charge in [0.15, 0.2) is 11.5 Å². The zero-order chi connectivity index (χ0) is 22.0. The van der Waals surface area contributed by atoms with Crippen LogP contribution in [0.4, 0.5) is 0 Å². The van der Waals surface area contributed by atoms with Gasteiger partial charge in [0.25, 0.3) is 11.7 Å². The number of nitrogens with zero attached hydrogens (tertiary/aromatic N) is 1. The third-order valence-corrected chi connectivity index (χ3v) is 5.09. The number of carbonyl (C=O) groups is 2. The second-order valence-corrected chi connectivity index (χ2v) is 7.03. The Hall–Kier alpha value is -4.00. The van der Waals surface area contributed by atoms with E-state index < -0.39 is 17.7 Å². The zero-order valence-electron chi connectivity index (χ0n) is 16.8. The molecule has 2 aromatic carbocycles. The molecule has 1 saturated heterocycles. The van der Waals surface area contributed by atoms with E-state index in [2.05, 4.69) is 0 Å². The summed E-state index contributed by atoms with van der Waals surface area (Å²) in [6.45, 7) is 2.15. The van der Waals surface area contributed by atoms with E-state index in [1.165, 1.54) is 17.2 Å². The highest BCUT2D eigenvalue weighted by Crippen LogP contribution is 2.42. The fourth-order valence-corrected chi connectivity index (χ4v) is 3.68. The standard InChI is InChI=1S/C24H21NO6/c1-2-30-19-13-16(10-11-18(19)26)21-20(22(27)15-7-4-3-5-8-15)23(28)24(29)25(21)14-17-9-6-12-31-17/h3-13,21,26-27H,2,14H2,1H3/b22-20-. The quantitative estimate of drug-likeness (QED) is 0.356. The summed E-state index contributed by atoms with van der Waals surface area (Å²) in [7, 11) is 0. The van der Waals surface area contributed by atoms with E-state index >= 15 is 0 Å². The number of ether oxygens (including phenoxy) is 1. The van der Waals surface area contributed by atoms with Crippen molar-refractivity contribution in [2.45, 2.75) is 19.5 Å². The Balaban J connectivity index is 1.88. The van der Waals surface area contributed by atoms with Crippen LogP contribution in [0.3, 0.4) is 0 Å². The maximum absolute atomic E-state index is 13.0. The number of furan rings is 1. The van der Waals surface area contributed by atoms with E-state index in [0.29, 0.717) is 23.5 Å². The molecule has 1 atom stereocenters. The Kier molecular flexibility index (Phi) is 5.49. The van der Waals surface area contributed by atoms with Crippen LogP contribution < -0.4 is 4.74 Å². The Morgan fingerprint density at radius 2 is 1.87 bits per heavy atom. The molecule has 4 rings (SSSR count). The molecule has 0 aliphatic carbocycles. The summed E-state index contributed by atoms with van der Waals surface area (Å²) in [6, 6.07) is 15.7.